The molecule has 0 heterocycles. The Hall–Kier alpha value is -1.88. The maximum absolute atomic E-state index is 12.5. The molecule has 0 spiro atoms. The van der Waals surface area contributed by atoms with Crippen LogP contribution < -0.4 is 5.32 Å². The van der Waals surface area contributed by atoms with Crippen LogP contribution in [0.1, 0.15) is 132 Å². The lowest BCUT2D eigenvalue weighted by Gasteiger charge is -2.12. The average molecular weight is 503 g/mol. The molecule has 5 nitrogen and oxygen atoms in total. The van der Waals surface area contributed by atoms with Crippen LogP contribution in [0.15, 0.2) is 24.3 Å². The zero-order chi connectivity index (χ0) is 26.3. The van der Waals surface area contributed by atoms with E-state index in [1.54, 1.807) is 6.07 Å². The lowest BCUT2D eigenvalue weighted by Crippen LogP contribution is -2.28. The summed E-state index contributed by atoms with van der Waals surface area (Å²) in [6, 6.07) is 7.37. The van der Waals surface area contributed by atoms with Crippen LogP contribution in [-0.4, -0.2) is 44.0 Å². The summed E-state index contributed by atoms with van der Waals surface area (Å²) in [6.45, 7) is 3.98. The van der Waals surface area contributed by atoms with Gasteiger partial charge in [0.15, 0.2) is 0 Å². The lowest BCUT2D eigenvalue weighted by atomic mass is 10.0. The summed E-state index contributed by atoms with van der Waals surface area (Å²) in [5, 5.41) is 2.96. The topological polar surface area (TPSA) is 58.6 Å². The highest BCUT2D eigenvalue weighted by molar-refractivity contribution is 5.95. The first-order valence-corrected chi connectivity index (χ1v) is 14.7. The summed E-state index contributed by atoms with van der Waals surface area (Å²) < 4.78 is 5.47. The van der Waals surface area contributed by atoms with Crippen molar-refractivity contribution in [2.24, 2.45) is 0 Å². The molecule has 0 bridgehead atoms. The minimum atomic E-state index is -0.175. The predicted molar refractivity (Wildman–Crippen MR) is 151 cm³/mol. The molecule has 1 rings (SSSR count). The Bertz CT molecular complexity index is 690. The summed E-state index contributed by atoms with van der Waals surface area (Å²) in [5.74, 6) is -0.284. The highest BCUT2D eigenvalue weighted by Gasteiger charge is 2.12. The third kappa shape index (κ3) is 17.5. The van der Waals surface area contributed by atoms with Gasteiger partial charge in [0.05, 0.1) is 0 Å². The molecule has 1 aromatic rings. The summed E-state index contributed by atoms with van der Waals surface area (Å²) in [7, 11) is 4.04. The first-order chi connectivity index (χ1) is 17.5. The lowest BCUT2D eigenvalue weighted by molar-refractivity contribution is -0.145. The second kappa shape index (κ2) is 22.3. The number of ether oxygens (including phenoxy) is 1. The largest absolute Gasteiger partial charge is 0.461 e. The van der Waals surface area contributed by atoms with Crippen LogP contribution in [0.4, 0.5) is 0 Å². The van der Waals surface area contributed by atoms with Gasteiger partial charge in [-0.05, 0) is 39.5 Å². The van der Waals surface area contributed by atoms with E-state index in [-0.39, 0.29) is 18.5 Å². The number of nitrogens with one attached hydrogen (secondary N) is 1. The van der Waals surface area contributed by atoms with Gasteiger partial charge in [0, 0.05) is 24.1 Å². The van der Waals surface area contributed by atoms with Gasteiger partial charge in [0.25, 0.3) is 5.91 Å². The first-order valence-electron chi connectivity index (χ1n) is 14.7. The Morgan fingerprint density at radius 3 is 1.83 bits per heavy atom. The number of esters is 1. The molecule has 0 saturated heterocycles. The van der Waals surface area contributed by atoms with Gasteiger partial charge in [-0.3, -0.25) is 9.59 Å². The number of benzene rings is 1. The molecular weight excluding hydrogens is 448 g/mol. The molecule has 0 atom stereocenters. The van der Waals surface area contributed by atoms with E-state index in [9.17, 15) is 9.59 Å². The first kappa shape index (κ1) is 32.1. The molecule has 1 N–H and O–H groups in total. The Balaban J connectivity index is 2.05. The van der Waals surface area contributed by atoms with Crippen molar-refractivity contribution in [1.82, 2.24) is 10.2 Å². The van der Waals surface area contributed by atoms with Crippen LogP contribution in [0.2, 0.25) is 0 Å². The number of rotatable bonds is 23. The van der Waals surface area contributed by atoms with Crippen LogP contribution >= 0.6 is 0 Å². The van der Waals surface area contributed by atoms with E-state index < -0.39 is 0 Å². The second-order valence-electron chi connectivity index (χ2n) is 10.4. The molecule has 5 heteroatoms. The molecule has 0 aliphatic carbocycles. The van der Waals surface area contributed by atoms with E-state index in [4.69, 9.17) is 4.74 Å². The SMILES string of the molecule is CCCCCCCCCCCCCCCCCC(=O)OCc1ccccc1C(=O)NCCCN(C)C. The van der Waals surface area contributed by atoms with Crippen molar-refractivity contribution in [2.75, 3.05) is 27.2 Å². The number of carbonyl (C=O) groups is 2. The van der Waals surface area contributed by atoms with Crippen LogP contribution in [-0.2, 0) is 16.1 Å². The minimum absolute atomic E-state index is 0.109. The van der Waals surface area contributed by atoms with Gasteiger partial charge in [-0.2, -0.15) is 0 Å². The van der Waals surface area contributed by atoms with Gasteiger partial charge < -0.3 is 15.0 Å². The highest BCUT2D eigenvalue weighted by Crippen LogP contribution is 2.15. The van der Waals surface area contributed by atoms with Crippen molar-refractivity contribution in [3.63, 3.8) is 0 Å². The average Bonchev–Trinajstić information content (AvgIpc) is 2.87. The quantitative estimate of drug-likeness (QED) is 0.123. The summed E-state index contributed by atoms with van der Waals surface area (Å²) in [5.41, 5.74) is 1.34. The van der Waals surface area contributed by atoms with Gasteiger partial charge in [0.2, 0.25) is 0 Å². The number of carbonyl (C=O) groups excluding carboxylic acids is 2. The molecule has 0 radical (unpaired) electrons. The molecule has 0 unspecified atom stereocenters. The van der Waals surface area contributed by atoms with Gasteiger partial charge in [-0.1, -0.05) is 115 Å². The van der Waals surface area contributed by atoms with Crippen molar-refractivity contribution in [3.05, 3.63) is 35.4 Å². The van der Waals surface area contributed by atoms with Crippen molar-refractivity contribution in [3.8, 4) is 0 Å². The molecule has 36 heavy (non-hydrogen) atoms. The zero-order valence-corrected chi connectivity index (χ0v) is 23.6. The van der Waals surface area contributed by atoms with Crippen LogP contribution in [0.3, 0.4) is 0 Å². The molecule has 0 aliphatic heterocycles. The van der Waals surface area contributed by atoms with E-state index in [1.165, 1.54) is 83.5 Å². The summed E-state index contributed by atoms with van der Waals surface area (Å²) >= 11 is 0. The maximum Gasteiger partial charge on any atom is 0.306 e. The molecule has 206 valence electrons. The van der Waals surface area contributed by atoms with Crippen LogP contribution in [0.5, 0.6) is 0 Å². The molecular formula is C31H54N2O3. The highest BCUT2D eigenvalue weighted by atomic mass is 16.5. The molecule has 1 amide bonds. The maximum atomic E-state index is 12.5. The number of amides is 1. The fraction of sp³-hybridized carbons (Fsp3) is 0.742. The van der Waals surface area contributed by atoms with Gasteiger partial charge in [-0.25, -0.2) is 0 Å². The van der Waals surface area contributed by atoms with E-state index in [0.717, 1.165) is 31.4 Å². The van der Waals surface area contributed by atoms with Gasteiger partial charge in [0.1, 0.15) is 6.61 Å². The number of hydrogen-bond acceptors (Lipinski definition) is 4. The van der Waals surface area contributed by atoms with E-state index in [2.05, 4.69) is 17.1 Å². The van der Waals surface area contributed by atoms with E-state index in [0.29, 0.717) is 18.5 Å². The van der Waals surface area contributed by atoms with Crippen molar-refractivity contribution in [2.45, 2.75) is 123 Å². The van der Waals surface area contributed by atoms with Crippen molar-refractivity contribution < 1.29 is 14.3 Å². The zero-order valence-electron chi connectivity index (χ0n) is 23.6. The smallest absolute Gasteiger partial charge is 0.306 e. The molecule has 0 saturated carbocycles. The normalized spacial score (nSPS) is 11.1. The summed E-state index contributed by atoms with van der Waals surface area (Å²) in [6.07, 6.45) is 21.0. The molecule has 1 aromatic carbocycles. The molecule has 0 aliphatic rings. The fourth-order valence-corrected chi connectivity index (χ4v) is 4.43. The predicted octanol–water partition coefficient (Wildman–Crippen LogP) is 7.67. The fourth-order valence-electron chi connectivity index (χ4n) is 4.43. The Morgan fingerprint density at radius 2 is 1.28 bits per heavy atom. The number of nitrogens with zero attached hydrogens (tertiary/aromatic N) is 1. The third-order valence-electron chi connectivity index (χ3n) is 6.70. The number of unbranched alkanes of at least 4 members (excludes halogenated alkanes) is 14. The van der Waals surface area contributed by atoms with E-state index in [1.807, 2.05) is 32.3 Å². The molecule has 0 fully saturated rings. The van der Waals surface area contributed by atoms with Gasteiger partial charge in [-0.15, -0.1) is 0 Å². The van der Waals surface area contributed by atoms with Gasteiger partial charge >= 0.3 is 5.97 Å². The second-order valence-corrected chi connectivity index (χ2v) is 10.4. The standard InChI is InChI=1S/C31H54N2O3/c1-4-5-6-7-8-9-10-11-12-13-14-15-16-17-18-24-30(34)36-27-28-22-19-20-23-29(28)31(35)32-25-21-26-33(2)3/h19-20,22-23H,4-18,21,24-27H2,1-3H3,(H,32,35). The molecule has 0 aromatic heterocycles. The Morgan fingerprint density at radius 1 is 0.750 bits per heavy atom. The summed E-state index contributed by atoms with van der Waals surface area (Å²) in [4.78, 5) is 26.8. The van der Waals surface area contributed by atoms with Crippen LogP contribution in [0, 0.1) is 0 Å². The van der Waals surface area contributed by atoms with Crippen LogP contribution in [0.25, 0.3) is 0 Å². The third-order valence-corrected chi connectivity index (χ3v) is 6.70. The Labute approximate surface area is 221 Å². The van der Waals surface area contributed by atoms with E-state index >= 15 is 0 Å². The monoisotopic (exact) mass is 502 g/mol. The minimum Gasteiger partial charge on any atom is -0.461 e. The Kier molecular flexibility index (Phi) is 19.9. The van der Waals surface area contributed by atoms with Crippen molar-refractivity contribution >= 4 is 11.9 Å². The van der Waals surface area contributed by atoms with Crippen molar-refractivity contribution in [1.29, 1.82) is 0 Å². The number of hydrogen-bond donors (Lipinski definition) is 1.